The monoisotopic (exact) mass is 437 g/mol. The topological polar surface area (TPSA) is 107 Å². The second-order valence-corrected chi connectivity index (χ2v) is 9.41. The summed E-state index contributed by atoms with van der Waals surface area (Å²) in [6.07, 6.45) is 9.08. The molecule has 0 aromatic carbocycles. The maximum Gasteiger partial charge on any atom is 0.218 e. The fraction of sp³-hybridized carbons (Fsp3) is 0.667. The van der Waals surface area contributed by atoms with Gasteiger partial charge in [0.25, 0.3) is 0 Å². The van der Waals surface area contributed by atoms with Gasteiger partial charge in [0.05, 0.1) is 29.5 Å². The lowest BCUT2D eigenvalue weighted by atomic mass is 9.91. The summed E-state index contributed by atoms with van der Waals surface area (Å²) in [5, 5.41) is 19.9. The molecule has 8 nitrogen and oxygen atoms in total. The van der Waals surface area contributed by atoms with Crippen LogP contribution in [0.4, 0.5) is 5.69 Å². The van der Waals surface area contributed by atoms with Crippen LogP contribution in [0.1, 0.15) is 57.6 Å². The molecular formula is C24H35N7O. The van der Waals surface area contributed by atoms with E-state index < -0.39 is 0 Å². The number of nitrogens with one attached hydrogen (secondary N) is 3. The molecule has 172 valence electrons. The number of methoxy groups -OCH3 is 1. The van der Waals surface area contributed by atoms with Gasteiger partial charge in [-0.25, -0.2) is 4.99 Å². The predicted molar refractivity (Wildman–Crippen MR) is 127 cm³/mol. The van der Waals surface area contributed by atoms with Crippen molar-refractivity contribution in [2.75, 3.05) is 32.1 Å². The van der Waals surface area contributed by atoms with E-state index in [2.05, 4.69) is 38.9 Å². The van der Waals surface area contributed by atoms with Gasteiger partial charge in [-0.15, -0.1) is 0 Å². The quantitative estimate of drug-likeness (QED) is 0.548. The van der Waals surface area contributed by atoms with Crippen molar-refractivity contribution in [2.24, 2.45) is 15.4 Å². The van der Waals surface area contributed by atoms with Gasteiger partial charge >= 0.3 is 0 Å². The van der Waals surface area contributed by atoms with Crippen LogP contribution < -0.4 is 16.0 Å². The minimum absolute atomic E-state index is 0.175. The van der Waals surface area contributed by atoms with E-state index in [4.69, 9.17) is 9.73 Å². The molecule has 3 N–H and O–H groups in total. The average Bonchev–Trinajstić information content (AvgIpc) is 3.60. The first-order valence-corrected chi connectivity index (χ1v) is 11.8. The molecule has 1 aromatic rings. The Bertz CT molecular complexity index is 879. The van der Waals surface area contributed by atoms with Crippen LogP contribution in [0.15, 0.2) is 28.3 Å². The van der Waals surface area contributed by atoms with E-state index in [1.165, 1.54) is 0 Å². The summed E-state index contributed by atoms with van der Waals surface area (Å²) < 4.78 is 5.23. The van der Waals surface area contributed by atoms with Crippen molar-refractivity contribution in [3.63, 3.8) is 0 Å². The number of aromatic nitrogens is 1. The normalized spacial score (nSPS) is 25.2. The molecule has 2 fully saturated rings. The molecule has 1 atom stereocenters. The number of guanidine groups is 1. The van der Waals surface area contributed by atoms with E-state index in [1.807, 2.05) is 18.3 Å². The number of hydrogen-bond donors (Lipinski definition) is 3. The molecule has 0 amide bonds. The van der Waals surface area contributed by atoms with Crippen molar-refractivity contribution >= 4 is 17.4 Å². The van der Waals surface area contributed by atoms with E-state index in [0.29, 0.717) is 24.7 Å². The average molecular weight is 438 g/mol. The van der Waals surface area contributed by atoms with Crippen LogP contribution in [-0.2, 0) is 4.74 Å². The highest BCUT2D eigenvalue weighted by Gasteiger charge is 2.42. The van der Waals surface area contributed by atoms with Crippen LogP contribution >= 0.6 is 0 Å². The van der Waals surface area contributed by atoms with Crippen LogP contribution in [-0.4, -0.2) is 61.6 Å². The van der Waals surface area contributed by atoms with Crippen LogP contribution in [0.3, 0.4) is 0 Å². The zero-order chi connectivity index (χ0) is 22.4. The third kappa shape index (κ3) is 6.05. The van der Waals surface area contributed by atoms with E-state index in [-0.39, 0.29) is 5.41 Å². The number of pyridine rings is 1. The first-order chi connectivity index (χ1) is 15.6. The molecule has 0 bridgehead atoms. The van der Waals surface area contributed by atoms with E-state index >= 15 is 0 Å². The highest BCUT2D eigenvalue weighted by molar-refractivity contribution is 6.07. The minimum Gasteiger partial charge on any atom is -0.383 e. The van der Waals surface area contributed by atoms with Crippen LogP contribution in [0.5, 0.6) is 0 Å². The molecule has 32 heavy (non-hydrogen) atoms. The summed E-state index contributed by atoms with van der Waals surface area (Å²) >= 11 is 0. The third-order valence-electron chi connectivity index (χ3n) is 6.63. The summed E-state index contributed by atoms with van der Waals surface area (Å²) in [7, 11) is 1.75. The molecule has 8 heteroatoms. The fourth-order valence-corrected chi connectivity index (χ4v) is 4.49. The summed E-state index contributed by atoms with van der Waals surface area (Å²) in [4.78, 5) is 13.9. The third-order valence-corrected chi connectivity index (χ3v) is 6.63. The van der Waals surface area contributed by atoms with Gasteiger partial charge in [-0.2, -0.15) is 5.26 Å². The van der Waals surface area contributed by atoms with Gasteiger partial charge < -0.3 is 20.7 Å². The Labute approximate surface area is 191 Å². The fourth-order valence-electron chi connectivity index (χ4n) is 4.49. The van der Waals surface area contributed by atoms with Crippen LogP contribution in [0, 0.1) is 16.7 Å². The lowest BCUT2D eigenvalue weighted by Gasteiger charge is -2.32. The SMILES string of the molecule is COC[C@H](C)NC1CCC(NC2=NCCC(c3cc(NCC4(C#N)CC4)ccn3)=N2)CC1. The van der Waals surface area contributed by atoms with Gasteiger partial charge in [0.2, 0.25) is 5.96 Å². The van der Waals surface area contributed by atoms with Crippen LogP contribution in [0.2, 0.25) is 0 Å². The Kier molecular flexibility index (Phi) is 7.38. The number of hydrogen-bond acceptors (Lipinski definition) is 8. The van der Waals surface area contributed by atoms with Crippen molar-refractivity contribution in [3.05, 3.63) is 24.0 Å². The molecule has 2 heterocycles. The van der Waals surface area contributed by atoms with Gasteiger partial charge in [-0.05, 0) is 57.6 Å². The molecule has 0 saturated heterocycles. The molecule has 0 spiro atoms. The second-order valence-electron chi connectivity index (χ2n) is 9.41. The number of aliphatic imine (C=N–C) groups is 2. The van der Waals surface area contributed by atoms with E-state index in [0.717, 1.165) is 81.1 Å². The Hall–Kier alpha value is -2.50. The lowest BCUT2D eigenvalue weighted by Crippen LogP contribution is -2.45. The highest BCUT2D eigenvalue weighted by Crippen LogP contribution is 2.44. The molecule has 1 aliphatic heterocycles. The van der Waals surface area contributed by atoms with E-state index in [9.17, 15) is 5.26 Å². The van der Waals surface area contributed by atoms with Gasteiger partial charge in [0, 0.05) is 56.6 Å². The molecule has 2 aliphatic carbocycles. The maximum atomic E-state index is 9.28. The van der Waals surface area contributed by atoms with Crippen molar-refractivity contribution in [1.82, 2.24) is 15.6 Å². The number of anilines is 1. The molecule has 4 rings (SSSR count). The van der Waals surface area contributed by atoms with Gasteiger partial charge in [-0.1, -0.05) is 0 Å². The van der Waals surface area contributed by atoms with Crippen molar-refractivity contribution < 1.29 is 4.74 Å². The van der Waals surface area contributed by atoms with Crippen LogP contribution in [0.25, 0.3) is 0 Å². The molecule has 0 unspecified atom stereocenters. The Balaban J connectivity index is 1.30. The molecule has 3 aliphatic rings. The first kappa shape index (κ1) is 22.7. The Morgan fingerprint density at radius 2 is 2.03 bits per heavy atom. The molecular weight excluding hydrogens is 402 g/mol. The van der Waals surface area contributed by atoms with Crippen molar-refractivity contribution in [1.29, 1.82) is 5.26 Å². The van der Waals surface area contributed by atoms with Crippen molar-refractivity contribution in [2.45, 2.75) is 70.0 Å². The number of nitrogens with zero attached hydrogens (tertiary/aromatic N) is 4. The molecule has 0 radical (unpaired) electrons. The van der Waals surface area contributed by atoms with E-state index in [1.54, 1.807) is 7.11 Å². The largest absolute Gasteiger partial charge is 0.383 e. The summed E-state index contributed by atoms with van der Waals surface area (Å²) in [6.45, 7) is 4.34. The summed E-state index contributed by atoms with van der Waals surface area (Å²) in [6, 6.07) is 7.77. The first-order valence-electron chi connectivity index (χ1n) is 11.8. The number of rotatable bonds is 9. The molecule has 2 saturated carbocycles. The van der Waals surface area contributed by atoms with Gasteiger partial charge in [0.1, 0.15) is 0 Å². The Morgan fingerprint density at radius 3 is 2.75 bits per heavy atom. The lowest BCUT2D eigenvalue weighted by molar-refractivity contribution is 0.160. The standard InChI is InChI=1S/C24H35N7O/c1-17(14-32-2)29-18-3-5-19(6-4-18)30-23-27-12-8-21(31-23)22-13-20(7-11-26-22)28-16-24(15-25)9-10-24/h7,11,13,17-19,29H,3-6,8-10,12,14,16H2,1-2H3,(H,26,28)(H,27,30)/t17-,18?,19?/m0/s1. The van der Waals surface area contributed by atoms with Gasteiger partial charge in [0.15, 0.2) is 0 Å². The zero-order valence-corrected chi connectivity index (χ0v) is 19.2. The van der Waals surface area contributed by atoms with Crippen molar-refractivity contribution in [3.8, 4) is 6.07 Å². The second kappa shape index (κ2) is 10.4. The number of ether oxygens (including phenoxy) is 1. The highest BCUT2D eigenvalue weighted by atomic mass is 16.5. The molecule has 1 aromatic heterocycles. The Morgan fingerprint density at radius 1 is 1.25 bits per heavy atom. The predicted octanol–water partition coefficient (Wildman–Crippen LogP) is 2.87. The smallest absolute Gasteiger partial charge is 0.218 e. The summed E-state index contributed by atoms with van der Waals surface area (Å²) in [5.74, 6) is 0.733. The minimum atomic E-state index is -0.175. The maximum absolute atomic E-state index is 9.28. The summed E-state index contributed by atoms with van der Waals surface area (Å²) in [5.41, 5.74) is 2.67. The number of nitriles is 1. The zero-order valence-electron chi connectivity index (χ0n) is 19.2. The van der Waals surface area contributed by atoms with Gasteiger partial charge in [-0.3, -0.25) is 9.98 Å².